The summed E-state index contributed by atoms with van der Waals surface area (Å²) in [5, 5.41) is 8.95. The van der Waals surface area contributed by atoms with Crippen LogP contribution in [-0.4, -0.2) is 33.7 Å². The molecule has 0 fully saturated rings. The molecule has 0 spiro atoms. The summed E-state index contributed by atoms with van der Waals surface area (Å²) in [6.07, 6.45) is 4.10. The predicted molar refractivity (Wildman–Crippen MR) is 73.5 cm³/mol. The molecule has 1 heterocycles. The number of anilines is 1. The summed E-state index contributed by atoms with van der Waals surface area (Å²) in [7, 11) is 0. The van der Waals surface area contributed by atoms with Gasteiger partial charge in [-0.2, -0.15) is 0 Å². The molecule has 19 heavy (non-hydrogen) atoms. The van der Waals surface area contributed by atoms with Gasteiger partial charge >= 0.3 is 5.97 Å². The van der Waals surface area contributed by atoms with E-state index in [1.165, 1.54) is 0 Å². The summed E-state index contributed by atoms with van der Waals surface area (Å²) in [5.74, 6) is -1.09. The number of nitrogens with zero attached hydrogens (tertiary/aromatic N) is 3. The minimum absolute atomic E-state index is 0.163. The maximum atomic E-state index is 12.2. The Balaban J connectivity index is 3.02. The van der Waals surface area contributed by atoms with Gasteiger partial charge in [0.1, 0.15) is 0 Å². The minimum atomic E-state index is -0.872. The Bertz CT molecular complexity index is 484. The smallest absolute Gasteiger partial charge is 0.308 e. The van der Waals surface area contributed by atoms with Crippen molar-refractivity contribution in [2.45, 2.75) is 33.7 Å². The van der Waals surface area contributed by atoms with E-state index in [0.29, 0.717) is 18.9 Å². The van der Waals surface area contributed by atoms with Crippen LogP contribution in [0.5, 0.6) is 0 Å². The molecule has 0 aliphatic rings. The third-order valence-electron chi connectivity index (χ3n) is 2.96. The molecule has 1 aromatic heterocycles. The number of carboxylic acid groups (broad SMARTS) is 1. The van der Waals surface area contributed by atoms with Gasteiger partial charge in [0.2, 0.25) is 0 Å². The van der Waals surface area contributed by atoms with E-state index in [2.05, 4.69) is 4.98 Å². The first kappa shape index (κ1) is 15.2. The van der Waals surface area contributed by atoms with E-state index in [1.54, 1.807) is 28.8 Å². The lowest BCUT2D eigenvalue weighted by Crippen LogP contribution is -2.37. The van der Waals surface area contributed by atoms with Gasteiger partial charge in [0.15, 0.2) is 5.82 Å². The molecule has 106 valence electrons. The lowest BCUT2D eigenvalue weighted by atomic mass is 10.1. The maximum Gasteiger partial charge on any atom is 0.308 e. The van der Waals surface area contributed by atoms with Gasteiger partial charge in [0.05, 0.1) is 5.92 Å². The SMILES string of the molecule is CCCn1ccnc(N(CC)CC(C)C(=O)O)c1=O. The molecular formula is C13H21N3O3. The Morgan fingerprint density at radius 1 is 1.53 bits per heavy atom. The van der Waals surface area contributed by atoms with Crippen molar-refractivity contribution in [3.05, 3.63) is 22.7 Å². The first-order chi connectivity index (χ1) is 9.01. The van der Waals surface area contributed by atoms with E-state index in [0.717, 1.165) is 6.42 Å². The summed E-state index contributed by atoms with van der Waals surface area (Å²) in [4.78, 5) is 28.9. The van der Waals surface area contributed by atoms with Crippen molar-refractivity contribution in [2.75, 3.05) is 18.0 Å². The van der Waals surface area contributed by atoms with Gasteiger partial charge in [0, 0.05) is 32.0 Å². The highest BCUT2D eigenvalue weighted by molar-refractivity contribution is 5.70. The average molecular weight is 267 g/mol. The molecule has 0 amide bonds. The number of aliphatic carboxylic acids is 1. The molecule has 0 aromatic carbocycles. The molecule has 0 aliphatic carbocycles. The Kier molecular flexibility index (Phi) is 5.54. The van der Waals surface area contributed by atoms with Gasteiger partial charge in [-0.3, -0.25) is 9.59 Å². The Morgan fingerprint density at radius 2 is 2.21 bits per heavy atom. The molecule has 0 saturated heterocycles. The van der Waals surface area contributed by atoms with E-state index in [9.17, 15) is 9.59 Å². The first-order valence-electron chi connectivity index (χ1n) is 6.54. The lowest BCUT2D eigenvalue weighted by Gasteiger charge is -2.23. The molecule has 1 atom stereocenters. The van der Waals surface area contributed by atoms with Crippen LogP contribution in [0.15, 0.2) is 17.2 Å². The summed E-state index contributed by atoms with van der Waals surface area (Å²) < 4.78 is 1.61. The largest absolute Gasteiger partial charge is 0.481 e. The van der Waals surface area contributed by atoms with Crippen LogP contribution in [0, 0.1) is 5.92 Å². The molecule has 6 nitrogen and oxygen atoms in total. The number of aryl methyl sites for hydroxylation is 1. The van der Waals surface area contributed by atoms with Crippen LogP contribution in [0.1, 0.15) is 27.2 Å². The van der Waals surface area contributed by atoms with Gasteiger partial charge < -0.3 is 14.6 Å². The lowest BCUT2D eigenvalue weighted by molar-refractivity contribution is -0.140. The molecule has 1 rings (SSSR count). The Hall–Kier alpha value is -1.85. The van der Waals surface area contributed by atoms with E-state index >= 15 is 0 Å². The van der Waals surface area contributed by atoms with Crippen molar-refractivity contribution < 1.29 is 9.90 Å². The molecule has 1 aromatic rings. The van der Waals surface area contributed by atoms with Crippen LogP contribution < -0.4 is 10.5 Å². The summed E-state index contributed by atoms with van der Waals surface area (Å²) in [6.45, 7) is 6.97. The maximum absolute atomic E-state index is 12.2. The molecule has 1 unspecified atom stereocenters. The van der Waals surface area contributed by atoms with Gasteiger partial charge in [0.25, 0.3) is 5.56 Å². The van der Waals surface area contributed by atoms with Crippen LogP contribution in [-0.2, 0) is 11.3 Å². The second kappa shape index (κ2) is 6.92. The highest BCUT2D eigenvalue weighted by Gasteiger charge is 2.18. The third-order valence-corrected chi connectivity index (χ3v) is 2.96. The molecule has 0 bridgehead atoms. The molecule has 0 radical (unpaired) electrons. The molecule has 6 heteroatoms. The van der Waals surface area contributed by atoms with Crippen molar-refractivity contribution in [3.63, 3.8) is 0 Å². The standard InChI is InChI=1S/C13H21N3O3/c1-4-7-16-8-6-14-11(12(16)17)15(5-2)9-10(3)13(18)19/h6,8,10H,4-5,7,9H2,1-3H3,(H,18,19). The fraction of sp³-hybridized carbons (Fsp3) is 0.615. The van der Waals surface area contributed by atoms with Crippen LogP contribution in [0.4, 0.5) is 5.82 Å². The second-order valence-electron chi connectivity index (χ2n) is 4.53. The average Bonchev–Trinajstić information content (AvgIpc) is 2.38. The molecule has 0 aliphatic heterocycles. The van der Waals surface area contributed by atoms with E-state index < -0.39 is 11.9 Å². The molecule has 1 N–H and O–H groups in total. The quantitative estimate of drug-likeness (QED) is 0.803. The highest BCUT2D eigenvalue weighted by atomic mass is 16.4. The summed E-state index contributed by atoms with van der Waals surface area (Å²) in [5.41, 5.74) is -0.163. The van der Waals surface area contributed by atoms with Crippen LogP contribution in [0.2, 0.25) is 0 Å². The Labute approximate surface area is 112 Å². The number of hydrogen-bond acceptors (Lipinski definition) is 4. The van der Waals surface area contributed by atoms with E-state index in [1.807, 2.05) is 13.8 Å². The Morgan fingerprint density at radius 3 is 2.74 bits per heavy atom. The van der Waals surface area contributed by atoms with Gasteiger partial charge in [-0.05, 0) is 13.3 Å². The monoisotopic (exact) mass is 267 g/mol. The topological polar surface area (TPSA) is 75.4 Å². The van der Waals surface area contributed by atoms with Crippen LogP contribution in [0.25, 0.3) is 0 Å². The van der Waals surface area contributed by atoms with E-state index in [4.69, 9.17) is 5.11 Å². The van der Waals surface area contributed by atoms with Gasteiger partial charge in [-0.15, -0.1) is 0 Å². The summed E-state index contributed by atoms with van der Waals surface area (Å²) in [6, 6.07) is 0. The summed E-state index contributed by atoms with van der Waals surface area (Å²) >= 11 is 0. The van der Waals surface area contributed by atoms with Crippen molar-refractivity contribution >= 4 is 11.8 Å². The molecular weight excluding hydrogens is 246 g/mol. The van der Waals surface area contributed by atoms with Crippen molar-refractivity contribution in [1.29, 1.82) is 0 Å². The number of carbonyl (C=O) groups is 1. The zero-order chi connectivity index (χ0) is 14.4. The van der Waals surface area contributed by atoms with Gasteiger partial charge in [-0.25, -0.2) is 4.98 Å². The number of aromatic nitrogens is 2. The number of hydrogen-bond donors (Lipinski definition) is 1. The highest BCUT2D eigenvalue weighted by Crippen LogP contribution is 2.07. The first-order valence-corrected chi connectivity index (χ1v) is 6.54. The van der Waals surface area contributed by atoms with Crippen LogP contribution in [0.3, 0.4) is 0 Å². The number of carboxylic acids is 1. The third kappa shape index (κ3) is 3.81. The van der Waals surface area contributed by atoms with Crippen molar-refractivity contribution in [3.8, 4) is 0 Å². The van der Waals surface area contributed by atoms with Crippen LogP contribution >= 0.6 is 0 Å². The van der Waals surface area contributed by atoms with Crippen molar-refractivity contribution in [2.24, 2.45) is 5.92 Å². The minimum Gasteiger partial charge on any atom is -0.481 e. The number of rotatable bonds is 7. The zero-order valence-corrected chi connectivity index (χ0v) is 11.7. The predicted octanol–water partition coefficient (Wildman–Crippen LogP) is 1.20. The second-order valence-corrected chi connectivity index (χ2v) is 4.53. The van der Waals surface area contributed by atoms with E-state index in [-0.39, 0.29) is 12.1 Å². The fourth-order valence-corrected chi connectivity index (χ4v) is 1.84. The normalized spacial score (nSPS) is 12.2. The fourth-order valence-electron chi connectivity index (χ4n) is 1.84. The van der Waals surface area contributed by atoms with Gasteiger partial charge in [-0.1, -0.05) is 13.8 Å². The van der Waals surface area contributed by atoms with Crippen molar-refractivity contribution in [1.82, 2.24) is 9.55 Å². The zero-order valence-electron chi connectivity index (χ0n) is 11.7. The molecule has 0 saturated carbocycles.